The number of carbonyl (C=O) groups is 3. The molecule has 0 unspecified atom stereocenters. The number of Topliss-reactive ketones (excluding diaryl/α,β-unsaturated/α-hetero) is 1. The molecule has 0 amide bonds. The Bertz CT molecular complexity index is 1250. The molecule has 216 valence electrons. The van der Waals surface area contributed by atoms with Crippen molar-refractivity contribution < 1.29 is 33.3 Å². The molecule has 0 fully saturated rings. The molecule has 0 saturated heterocycles. The van der Waals surface area contributed by atoms with Gasteiger partial charge in [0.15, 0.2) is 5.76 Å². The molecule has 0 aliphatic heterocycles. The molecule has 7 nitrogen and oxygen atoms in total. The maximum atomic E-state index is 13.4. The van der Waals surface area contributed by atoms with Crippen LogP contribution in [0.4, 0.5) is 0 Å². The van der Waals surface area contributed by atoms with Gasteiger partial charge in [0.1, 0.15) is 17.2 Å². The quantitative estimate of drug-likeness (QED) is 0.0721. The second-order valence-electron chi connectivity index (χ2n) is 11.5. The lowest BCUT2D eigenvalue weighted by Crippen LogP contribution is -2.26. The Kier molecular flexibility index (Phi) is 11.3. The van der Waals surface area contributed by atoms with E-state index in [1.165, 1.54) is 7.11 Å². The Labute approximate surface area is 238 Å². The SMILES string of the molecule is CC=CCc1cc(C=C(OC)C(=O)c2ccc(OC(=O)C(C)(C)C)cc2)c(OCCC)cc1OC(=O)C(C)(C)C. The van der Waals surface area contributed by atoms with E-state index in [2.05, 4.69) is 0 Å². The Morgan fingerprint density at radius 3 is 1.98 bits per heavy atom. The highest BCUT2D eigenvalue weighted by atomic mass is 16.5. The van der Waals surface area contributed by atoms with Gasteiger partial charge in [-0.25, -0.2) is 0 Å². The van der Waals surface area contributed by atoms with Gasteiger partial charge < -0.3 is 18.9 Å². The van der Waals surface area contributed by atoms with Crippen LogP contribution in [0.2, 0.25) is 0 Å². The Morgan fingerprint density at radius 1 is 0.850 bits per heavy atom. The van der Waals surface area contributed by atoms with Crippen LogP contribution in [0.25, 0.3) is 6.08 Å². The molecule has 2 aromatic carbocycles. The number of ether oxygens (including phenoxy) is 4. The van der Waals surface area contributed by atoms with Crippen LogP contribution < -0.4 is 14.2 Å². The number of esters is 2. The molecule has 0 radical (unpaired) electrons. The minimum atomic E-state index is -0.683. The molecule has 0 N–H and O–H groups in total. The van der Waals surface area contributed by atoms with Gasteiger partial charge in [-0.2, -0.15) is 0 Å². The van der Waals surface area contributed by atoms with Crippen molar-refractivity contribution in [3.63, 3.8) is 0 Å². The van der Waals surface area contributed by atoms with Crippen molar-refractivity contribution in [1.29, 1.82) is 0 Å². The van der Waals surface area contributed by atoms with Crippen LogP contribution in [0.15, 0.2) is 54.3 Å². The topological polar surface area (TPSA) is 88.1 Å². The second-order valence-corrected chi connectivity index (χ2v) is 11.5. The van der Waals surface area contributed by atoms with E-state index in [1.807, 2.05) is 32.1 Å². The van der Waals surface area contributed by atoms with E-state index in [9.17, 15) is 14.4 Å². The third kappa shape index (κ3) is 9.11. The number of rotatable bonds is 11. The molecule has 0 aliphatic carbocycles. The van der Waals surface area contributed by atoms with Gasteiger partial charge in [-0.3, -0.25) is 14.4 Å². The van der Waals surface area contributed by atoms with Gasteiger partial charge in [0, 0.05) is 17.2 Å². The van der Waals surface area contributed by atoms with Crippen molar-refractivity contribution in [1.82, 2.24) is 0 Å². The van der Waals surface area contributed by atoms with Gasteiger partial charge in [0.2, 0.25) is 5.78 Å². The summed E-state index contributed by atoms with van der Waals surface area (Å²) in [5.74, 6) is 0.246. The van der Waals surface area contributed by atoms with E-state index in [1.54, 1.807) is 78.0 Å². The number of allylic oxidation sites excluding steroid dienone is 3. The summed E-state index contributed by atoms with van der Waals surface area (Å²) in [5.41, 5.74) is 0.411. The van der Waals surface area contributed by atoms with E-state index in [-0.39, 0.29) is 23.5 Å². The highest BCUT2D eigenvalue weighted by Gasteiger charge is 2.26. The summed E-state index contributed by atoms with van der Waals surface area (Å²) in [4.78, 5) is 38.2. The van der Waals surface area contributed by atoms with Crippen molar-refractivity contribution in [2.24, 2.45) is 10.8 Å². The predicted octanol–water partition coefficient (Wildman–Crippen LogP) is 7.37. The summed E-state index contributed by atoms with van der Waals surface area (Å²) in [6.45, 7) is 15.0. The molecule has 40 heavy (non-hydrogen) atoms. The molecule has 2 rings (SSSR count). The Balaban J connectivity index is 2.50. The zero-order valence-electron chi connectivity index (χ0n) is 25.2. The fourth-order valence-electron chi connectivity index (χ4n) is 3.26. The lowest BCUT2D eigenvalue weighted by atomic mass is 9.97. The van der Waals surface area contributed by atoms with Gasteiger partial charge in [-0.05, 0) is 103 Å². The lowest BCUT2D eigenvalue weighted by molar-refractivity contribution is -0.143. The van der Waals surface area contributed by atoms with E-state index < -0.39 is 10.8 Å². The molecular formula is C33H42O7. The third-order valence-electron chi connectivity index (χ3n) is 5.71. The van der Waals surface area contributed by atoms with Crippen molar-refractivity contribution >= 4 is 23.8 Å². The second kappa shape index (κ2) is 14.0. The summed E-state index contributed by atoms with van der Waals surface area (Å²) in [5, 5.41) is 0. The van der Waals surface area contributed by atoms with Gasteiger partial charge in [0.25, 0.3) is 0 Å². The minimum Gasteiger partial charge on any atom is -0.493 e. The highest BCUT2D eigenvalue weighted by molar-refractivity contribution is 6.10. The van der Waals surface area contributed by atoms with Gasteiger partial charge in [-0.1, -0.05) is 19.1 Å². The van der Waals surface area contributed by atoms with Crippen molar-refractivity contribution in [3.8, 4) is 17.2 Å². The molecule has 2 aromatic rings. The fourth-order valence-corrected chi connectivity index (χ4v) is 3.26. The summed E-state index contributed by atoms with van der Waals surface area (Å²) in [7, 11) is 1.43. The number of hydrogen-bond donors (Lipinski definition) is 0. The minimum absolute atomic E-state index is 0.0946. The summed E-state index contributed by atoms with van der Waals surface area (Å²) in [6, 6.07) is 9.86. The molecule has 0 bridgehead atoms. The average Bonchev–Trinajstić information content (AvgIpc) is 2.89. The highest BCUT2D eigenvalue weighted by Crippen LogP contribution is 2.34. The normalized spacial score (nSPS) is 12.3. The first-order valence-electron chi connectivity index (χ1n) is 13.5. The monoisotopic (exact) mass is 550 g/mol. The van der Waals surface area contributed by atoms with Crippen molar-refractivity contribution in [3.05, 3.63) is 71.0 Å². The van der Waals surface area contributed by atoms with Gasteiger partial charge in [0.05, 0.1) is 24.5 Å². The number of hydrogen-bond acceptors (Lipinski definition) is 7. The van der Waals surface area contributed by atoms with Crippen LogP contribution in [-0.2, 0) is 20.7 Å². The van der Waals surface area contributed by atoms with Crippen LogP contribution in [0.1, 0.15) is 83.3 Å². The smallest absolute Gasteiger partial charge is 0.316 e. The number of carbonyl (C=O) groups excluding carboxylic acids is 3. The molecule has 0 saturated carbocycles. The number of ketones is 1. The molecule has 0 aromatic heterocycles. The zero-order chi connectivity index (χ0) is 30.1. The standard InChI is InChI=1S/C33H42O7/c1-10-12-13-23-19-24(26(38-18-11-2)21-27(23)40-31(36)33(6,7)8)20-28(37-9)29(34)22-14-16-25(17-15-22)39-30(35)32(3,4)5/h10,12,14-17,19-21H,11,13,18H2,1-9H3. The summed E-state index contributed by atoms with van der Waals surface area (Å²) in [6.07, 6.45) is 6.78. The fraction of sp³-hybridized carbons (Fsp3) is 0.424. The first-order chi connectivity index (χ1) is 18.7. The Morgan fingerprint density at radius 2 is 1.45 bits per heavy atom. The van der Waals surface area contributed by atoms with Crippen LogP contribution in [0.3, 0.4) is 0 Å². The van der Waals surface area contributed by atoms with Crippen LogP contribution in [-0.4, -0.2) is 31.4 Å². The van der Waals surface area contributed by atoms with E-state index >= 15 is 0 Å². The first kappa shape index (κ1) is 32.3. The van der Waals surface area contributed by atoms with E-state index in [4.69, 9.17) is 18.9 Å². The van der Waals surface area contributed by atoms with Gasteiger partial charge in [-0.15, -0.1) is 0 Å². The van der Waals surface area contributed by atoms with Crippen molar-refractivity contribution in [2.75, 3.05) is 13.7 Å². The maximum Gasteiger partial charge on any atom is 0.316 e. The number of benzene rings is 2. The predicted molar refractivity (Wildman–Crippen MR) is 157 cm³/mol. The molecule has 0 atom stereocenters. The van der Waals surface area contributed by atoms with Crippen LogP contribution >= 0.6 is 0 Å². The number of methoxy groups -OCH3 is 1. The largest absolute Gasteiger partial charge is 0.493 e. The zero-order valence-corrected chi connectivity index (χ0v) is 25.2. The molecule has 0 aliphatic rings. The maximum absolute atomic E-state index is 13.4. The Hall–Kier alpha value is -3.87. The molecule has 0 spiro atoms. The molecule has 7 heteroatoms. The molecule has 0 heterocycles. The molecular weight excluding hydrogens is 508 g/mol. The first-order valence-corrected chi connectivity index (χ1v) is 13.5. The van der Waals surface area contributed by atoms with Crippen LogP contribution in [0.5, 0.6) is 17.2 Å². The van der Waals surface area contributed by atoms with Crippen LogP contribution in [0, 0.1) is 10.8 Å². The van der Waals surface area contributed by atoms with E-state index in [0.29, 0.717) is 41.4 Å². The lowest BCUT2D eigenvalue weighted by Gasteiger charge is -2.20. The van der Waals surface area contributed by atoms with Gasteiger partial charge >= 0.3 is 11.9 Å². The van der Waals surface area contributed by atoms with Crippen molar-refractivity contribution in [2.45, 2.75) is 68.2 Å². The summed E-state index contributed by atoms with van der Waals surface area (Å²) >= 11 is 0. The third-order valence-corrected chi connectivity index (χ3v) is 5.71. The van der Waals surface area contributed by atoms with E-state index in [0.717, 1.165) is 12.0 Å². The average molecular weight is 551 g/mol. The summed E-state index contributed by atoms with van der Waals surface area (Å²) < 4.78 is 22.7.